The molecular formula is C30H30N2S. The Kier molecular flexibility index (Phi) is 7.33. The lowest BCUT2D eigenvalue weighted by atomic mass is 9.92. The van der Waals surface area contributed by atoms with Gasteiger partial charge in [-0.2, -0.15) is 0 Å². The fourth-order valence-corrected chi connectivity index (χ4v) is 4.64. The third-order valence-electron chi connectivity index (χ3n) is 6.03. The minimum Gasteiger partial charge on any atom is -0.398 e. The molecule has 0 atom stereocenters. The summed E-state index contributed by atoms with van der Waals surface area (Å²) in [6, 6.07) is 22.8. The lowest BCUT2D eigenvalue weighted by molar-refractivity contribution is 0.969. The topological polar surface area (TPSA) is 52.0 Å². The third kappa shape index (κ3) is 5.22. The monoisotopic (exact) mass is 450 g/mol. The molecule has 1 aliphatic carbocycles. The molecule has 0 unspecified atom stereocenters. The molecule has 33 heavy (non-hydrogen) atoms. The predicted molar refractivity (Wildman–Crippen MR) is 146 cm³/mol. The van der Waals surface area contributed by atoms with Gasteiger partial charge in [-0.05, 0) is 64.8 Å². The molecule has 3 heteroatoms. The minimum atomic E-state index is 0.472. The highest BCUT2D eigenvalue weighted by Gasteiger charge is 2.13. The molecule has 2 nitrogen and oxygen atoms in total. The molecule has 166 valence electrons. The van der Waals surface area contributed by atoms with Crippen molar-refractivity contribution in [1.29, 1.82) is 0 Å². The Balaban J connectivity index is 1.70. The van der Waals surface area contributed by atoms with Crippen molar-refractivity contribution in [2.75, 3.05) is 12.3 Å². The van der Waals surface area contributed by atoms with Crippen LogP contribution in [0.15, 0.2) is 113 Å². The average molecular weight is 451 g/mol. The number of anilines is 1. The quantitative estimate of drug-likeness (QED) is 0.207. The van der Waals surface area contributed by atoms with Crippen LogP contribution in [-0.4, -0.2) is 6.54 Å². The van der Waals surface area contributed by atoms with Gasteiger partial charge >= 0.3 is 0 Å². The Hall–Kier alpha value is -3.27. The van der Waals surface area contributed by atoms with E-state index in [9.17, 15) is 0 Å². The van der Waals surface area contributed by atoms with Crippen molar-refractivity contribution in [1.82, 2.24) is 0 Å². The second-order valence-electron chi connectivity index (χ2n) is 8.25. The molecule has 0 heterocycles. The Labute approximate surface area is 202 Å². The van der Waals surface area contributed by atoms with Gasteiger partial charge < -0.3 is 11.5 Å². The Morgan fingerprint density at radius 1 is 0.970 bits per heavy atom. The molecule has 1 aliphatic rings. The summed E-state index contributed by atoms with van der Waals surface area (Å²) in [4.78, 5) is 0.925. The van der Waals surface area contributed by atoms with Crippen LogP contribution in [0, 0.1) is 0 Å². The van der Waals surface area contributed by atoms with Gasteiger partial charge in [-0.3, -0.25) is 0 Å². The van der Waals surface area contributed by atoms with E-state index in [1.54, 1.807) is 0 Å². The van der Waals surface area contributed by atoms with Gasteiger partial charge in [0.1, 0.15) is 0 Å². The third-order valence-corrected chi connectivity index (χ3v) is 6.51. The lowest BCUT2D eigenvalue weighted by Crippen LogP contribution is -1.98. The van der Waals surface area contributed by atoms with Crippen molar-refractivity contribution in [2.45, 2.75) is 24.7 Å². The zero-order valence-corrected chi connectivity index (χ0v) is 19.9. The van der Waals surface area contributed by atoms with Crippen LogP contribution in [0.2, 0.25) is 0 Å². The van der Waals surface area contributed by atoms with E-state index in [1.165, 1.54) is 11.1 Å². The Morgan fingerprint density at radius 2 is 1.76 bits per heavy atom. The molecule has 4 N–H and O–H groups in total. The van der Waals surface area contributed by atoms with E-state index in [2.05, 4.69) is 79.8 Å². The molecule has 3 aromatic carbocycles. The minimum absolute atomic E-state index is 0.472. The van der Waals surface area contributed by atoms with Gasteiger partial charge in [0.25, 0.3) is 0 Å². The van der Waals surface area contributed by atoms with E-state index in [4.69, 9.17) is 24.1 Å². The molecule has 0 spiro atoms. The van der Waals surface area contributed by atoms with E-state index >= 15 is 0 Å². The van der Waals surface area contributed by atoms with Crippen molar-refractivity contribution >= 4 is 23.9 Å². The Bertz CT molecular complexity index is 1260. The summed E-state index contributed by atoms with van der Waals surface area (Å²) in [6.45, 7) is 2.63. The van der Waals surface area contributed by atoms with E-state index in [1.807, 2.05) is 24.3 Å². The second kappa shape index (κ2) is 10.6. The molecule has 3 aromatic rings. The Morgan fingerprint density at radius 3 is 2.45 bits per heavy atom. The highest BCUT2D eigenvalue weighted by molar-refractivity contribution is 7.80. The summed E-state index contributed by atoms with van der Waals surface area (Å²) in [5.41, 5.74) is 22.2. The largest absolute Gasteiger partial charge is 0.398 e. The fraction of sp³-hybridized carbons (Fsp3) is 0.133. The first-order valence-corrected chi connectivity index (χ1v) is 11.8. The maximum absolute atomic E-state index is 6.58. The first-order valence-electron chi connectivity index (χ1n) is 11.3. The number of nitrogens with two attached hydrogens (primary N) is 2. The van der Waals surface area contributed by atoms with Crippen LogP contribution >= 0.6 is 12.6 Å². The average Bonchev–Trinajstić information content (AvgIpc) is 2.85. The van der Waals surface area contributed by atoms with Gasteiger partial charge in [-0.25, -0.2) is 0 Å². The van der Waals surface area contributed by atoms with Gasteiger partial charge in [-0.1, -0.05) is 91.0 Å². The van der Waals surface area contributed by atoms with Gasteiger partial charge in [0, 0.05) is 22.7 Å². The maximum atomic E-state index is 6.58. The number of allylic oxidation sites excluding steroid dienone is 7. The number of benzene rings is 3. The van der Waals surface area contributed by atoms with Crippen LogP contribution in [0.4, 0.5) is 5.69 Å². The lowest BCUT2D eigenvalue weighted by Gasteiger charge is -2.15. The summed E-state index contributed by atoms with van der Waals surface area (Å²) < 4.78 is 0. The van der Waals surface area contributed by atoms with Crippen LogP contribution in [0.25, 0.3) is 27.8 Å². The number of hydrogen-bond acceptors (Lipinski definition) is 3. The second-order valence-corrected chi connectivity index (χ2v) is 8.70. The predicted octanol–water partition coefficient (Wildman–Crippen LogP) is 7.46. The van der Waals surface area contributed by atoms with Crippen molar-refractivity contribution < 1.29 is 0 Å². The van der Waals surface area contributed by atoms with Crippen molar-refractivity contribution in [3.63, 3.8) is 0 Å². The van der Waals surface area contributed by atoms with Crippen LogP contribution in [0.3, 0.4) is 0 Å². The van der Waals surface area contributed by atoms with Gasteiger partial charge in [0.05, 0.1) is 0 Å². The van der Waals surface area contributed by atoms with Crippen molar-refractivity contribution in [3.05, 3.63) is 114 Å². The number of hydrogen-bond donors (Lipinski definition) is 3. The first kappa shape index (κ1) is 22.9. The van der Waals surface area contributed by atoms with Crippen LogP contribution in [0.5, 0.6) is 0 Å². The van der Waals surface area contributed by atoms with Crippen molar-refractivity contribution in [2.24, 2.45) is 5.73 Å². The van der Waals surface area contributed by atoms with Gasteiger partial charge in [-0.15, -0.1) is 12.6 Å². The summed E-state index contributed by atoms with van der Waals surface area (Å²) in [5.74, 6) is 0. The van der Waals surface area contributed by atoms with Crippen LogP contribution < -0.4 is 11.5 Å². The van der Waals surface area contributed by atoms with Gasteiger partial charge in [0.15, 0.2) is 0 Å². The van der Waals surface area contributed by atoms with Gasteiger partial charge in [0.2, 0.25) is 0 Å². The number of nitrogen functional groups attached to an aromatic ring is 1. The summed E-state index contributed by atoms with van der Waals surface area (Å²) >= 11 is 4.88. The fourth-order valence-electron chi connectivity index (χ4n) is 4.24. The summed E-state index contributed by atoms with van der Waals surface area (Å²) in [7, 11) is 0. The number of thiol groups is 1. The zero-order chi connectivity index (χ0) is 23.2. The van der Waals surface area contributed by atoms with E-state index < -0.39 is 0 Å². The smallest absolute Gasteiger partial charge is 0.0400 e. The molecule has 0 aliphatic heterocycles. The molecule has 0 radical (unpaired) electrons. The summed E-state index contributed by atoms with van der Waals surface area (Å²) in [5, 5.41) is 0. The molecule has 4 rings (SSSR count). The molecule has 0 saturated heterocycles. The standard InChI is InChI=1S/C30H30N2S/c1-21(22-9-4-2-5-10-22)19-25(17-18-31)24-15-16-27(29(32)20-24)28-14-8-13-26(30(28)33)23-11-6-3-7-12-23/h2-4,6-9,11-17,19-20,33H,5,10,18,31-32H2,1H3/b21-19+,25-17+. The molecule has 0 saturated carbocycles. The van der Waals surface area contributed by atoms with Crippen LogP contribution in [-0.2, 0) is 0 Å². The highest BCUT2D eigenvalue weighted by Crippen LogP contribution is 2.38. The first-order chi connectivity index (χ1) is 16.1. The normalized spacial score (nSPS) is 14.3. The maximum Gasteiger partial charge on any atom is 0.0400 e. The molecule has 0 aromatic heterocycles. The van der Waals surface area contributed by atoms with Crippen molar-refractivity contribution in [3.8, 4) is 22.3 Å². The van der Waals surface area contributed by atoms with E-state index in [0.717, 1.165) is 56.8 Å². The molecular weight excluding hydrogens is 420 g/mol. The highest BCUT2D eigenvalue weighted by atomic mass is 32.1. The molecule has 0 amide bonds. The van der Waals surface area contributed by atoms with E-state index in [-0.39, 0.29) is 0 Å². The van der Waals surface area contributed by atoms with Crippen LogP contribution in [0.1, 0.15) is 25.3 Å². The summed E-state index contributed by atoms with van der Waals surface area (Å²) in [6.07, 6.45) is 13.0. The SMILES string of the molecule is C/C(=C\C(=C/CN)c1ccc(-c2cccc(-c3ccccc3)c2S)c(N)c1)C1=CC=CCC1. The number of rotatable bonds is 6. The molecule has 0 fully saturated rings. The molecule has 0 bridgehead atoms. The van der Waals surface area contributed by atoms with E-state index in [0.29, 0.717) is 6.54 Å². The zero-order valence-electron chi connectivity index (χ0n) is 19.0.